The third-order valence-corrected chi connectivity index (χ3v) is 5.40. The second-order valence-electron chi connectivity index (χ2n) is 5.90. The Kier molecular flexibility index (Phi) is 5.05. The number of aromatic nitrogens is 1. The number of aryl methyl sites for hydroxylation is 1. The van der Waals surface area contributed by atoms with Crippen LogP contribution in [0.1, 0.15) is 30.7 Å². The highest BCUT2D eigenvalue weighted by Gasteiger charge is 2.22. The van der Waals surface area contributed by atoms with Gasteiger partial charge in [0, 0.05) is 25.6 Å². The number of thiazole rings is 1. The minimum atomic E-state index is 0.293. The molecular weight excluding hydrogens is 294 g/mol. The van der Waals surface area contributed by atoms with Crippen molar-refractivity contribution in [3.8, 4) is 0 Å². The number of para-hydroxylation sites is 1. The van der Waals surface area contributed by atoms with E-state index in [1.54, 1.807) is 11.3 Å². The monoisotopic (exact) mass is 317 g/mol. The molecule has 5 heteroatoms. The standard InChI is InChI=1S/C17H23N3OS/c1-18-13-6-5-11-20(12-13)17(21)10-4-9-16-19-14-7-2-3-8-15(14)22-16/h2-3,7-8,13,18H,4-6,9-12H2,1H3. The number of piperidine rings is 1. The van der Waals surface area contributed by atoms with Crippen molar-refractivity contribution in [3.05, 3.63) is 29.3 Å². The predicted molar refractivity (Wildman–Crippen MR) is 91.2 cm³/mol. The summed E-state index contributed by atoms with van der Waals surface area (Å²) in [5.74, 6) is 0.293. The van der Waals surface area contributed by atoms with Crippen molar-refractivity contribution in [2.45, 2.75) is 38.1 Å². The van der Waals surface area contributed by atoms with Gasteiger partial charge in [-0.25, -0.2) is 4.98 Å². The number of nitrogens with one attached hydrogen (secondary N) is 1. The molecule has 0 saturated carbocycles. The molecule has 1 aliphatic rings. The summed E-state index contributed by atoms with van der Waals surface area (Å²) in [6, 6.07) is 8.67. The number of rotatable bonds is 5. The van der Waals surface area contributed by atoms with Crippen LogP contribution in [0, 0.1) is 0 Å². The maximum absolute atomic E-state index is 12.3. The van der Waals surface area contributed by atoms with Gasteiger partial charge in [0.15, 0.2) is 0 Å². The molecule has 1 atom stereocenters. The number of carbonyl (C=O) groups is 1. The summed E-state index contributed by atoms with van der Waals surface area (Å²) >= 11 is 1.74. The lowest BCUT2D eigenvalue weighted by molar-refractivity contribution is -0.132. The second kappa shape index (κ2) is 7.20. The molecule has 1 fully saturated rings. The van der Waals surface area contributed by atoms with Crippen LogP contribution in [0.25, 0.3) is 10.2 Å². The highest BCUT2D eigenvalue weighted by molar-refractivity contribution is 7.18. The number of hydrogen-bond donors (Lipinski definition) is 1. The molecule has 22 heavy (non-hydrogen) atoms. The third kappa shape index (κ3) is 3.65. The number of nitrogens with zero attached hydrogens (tertiary/aromatic N) is 2. The van der Waals surface area contributed by atoms with Crippen LogP contribution in [0.2, 0.25) is 0 Å². The maximum atomic E-state index is 12.3. The van der Waals surface area contributed by atoms with Gasteiger partial charge >= 0.3 is 0 Å². The molecule has 3 rings (SSSR count). The van der Waals surface area contributed by atoms with Gasteiger partial charge in [-0.3, -0.25) is 4.79 Å². The Balaban J connectivity index is 1.49. The fourth-order valence-corrected chi connectivity index (χ4v) is 4.02. The molecule has 1 aromatic heterocycles. The lowest BCUT2D eigenvalue weighted by Gasteiger charge is -2.32. The van der Waals surface area contributed by atoms with Gasteiger partial charge in [-0.1, -0.05) is 12.1 Å². The zero-order chi connectivity index (χ0) is 15.4. The summed E-state index contributed by atoms with van der Waals surface area (Å²) in [5.41, 5.74) is 1.07. The number of likely N-dealkylation sites (tertiary alicyclic amines) is 1. The fraction of sp³-hybridized carbons (Fsp3) is 0.529. The fourth-order valence-electron chi connectivity index (χ4n) is 3.02. The van der Waals surface area contributed by atoms with Crippen LogP contribution in [-0.4, -0.2) is 42.0 Å². The van der Waals surface area contributed by atoms with E-state index in [1.807, 2.05) is 30.1 Å². The number of benzene rings is 1. The summed E-state index contributed by atoms with van der Waals surface area (Å²) < 4.78 is 1.23. The molecule has 0 bridgehead atoms. The molecule has 1 aromatic carbocycles. The molecule has 1 N–H and O–H groups in total. The average Bonchev–Trinajstić information content (AvgIpc) is 2.97. The van der Waals surface area contributed by atoms with Crippen molar-refractivity contribution >= 4 is 27.5 Å². The maximum Gasteiger partial charge on any atom is 0.222 e. The zero-order valence-electron chi connectivity index (χ0n) is 13.0. The van der Waals surface area contributed by atoms with Gasteiger partial charge in [0.1, 0.15) is 0 Å². The average molecular weight is 317 g/mol. The van der Waals surface area contributed by atoms with E-state index in [2.05, 4.69) is 16.4 Å². The van der Waals surface area contributed by atoms with Gasteiger partial charge in [-0.15, -0.1) is 11.3 Å². The van der Waals surface area contributed by atoms with E-state index in [9.17, 15) is 4.79 Å². The minimum Gasteiger partial charge on any atom is -0.341 e. The Labute approximate surface area is 135 Å². The summed E-state index contributed by atoms with van der Waals surface area (Å²) in [6.07, 6.45) is 4.70. The molecule has 1 amide bonds. The zero-order valence-corrected chi connectivity index (χ0v) is 13.9. The minimum absolute atomic E-state index is 0.293. The van der Waals surface area contributed by atoms with E-state index in [0.29, 0.717) is 18.4 Å². The van der Waals surface area contributed by atoms with Crippen molar-refractivity contribution in [2.24, 2.45) is 0 Å². The highest BCUT2D eigenvalue weighted by Crippen LogP contribution is 2.23. The number of fused-ring (bicyclic) bond motifs is 1. The first-order valence-corrected chi connectivity index (χ1v) is 8.87. The van der Waals surface area contributed by atoms with Gasteiger partial charge < -0.3 is 10.2 Å². The highest BCUT2D eigenvalue weighted by atomic mass is 32.1. The lowest BCUT2D eigenvalue weighted by Crippen LogP contribution is -2.46. The first-order chi connectivity index (χ1) is 10.8. The Bertz CT molecular complexity index is 607. The van der Waals surface area contributed by atoms with Crippen molar-refractivity contribution in [3.63, 3.8) is 0 Å². The van der Waals surface area contributed by atoms with E-state index in [0.717, 1.165) is 42.9 Å². The number of carbonyl (C=O) groups excluding carboxylic acids is 1. The molecular formula is C17H23N3OS. The molecule has 1 aliphatic heterocycles. The van der Waals surface area contributed by atoms with E-state index in [1.165, 1.54) is 11.1 Å². The van der Waals surface area contributed by atoms with Gasteiger partial charge in [0.05, 0.1) is 15.2 Å². The van der Waals surface area contributed by atoms with Crippen LogP contribution in [0.15, 0.2) is 24.3 Å². The van der Waals surface area contributed by atoms with Gasteiger partial charge in [0.2, 0.25) is 5.91 Å². The molecule has 2 heterocycles. The Hall–Kier alpha value is -1.46. The van der Waals surface area contributed by atoms with Crippen LogP contribution in [0.5, 0.6) is 0 Å². The molecule has 0 radical (unpaired) electrons. The van der Waals surface area contributed by atoms with Crippen molar-refractivity contribution < 1.29 is 4.79 Å². The predicted octanol–water partition coefficient (Wildman–Crippen LogP) is 2.83. The van der Waals surface area contributed by atoms with Crippen LogP contribution in [0.4, 0.5) is 0 Å². The Morgan fingerprint density at radius 1 is 1.45 bits per heavy atom. The summed E-state index contributed by atoms with van der Waals surface area (Å²) in [7, 11) is 1.98. The molecule has 1 unspecified atom stereocenters. The summed E-state index contributed by atoms with van der Waals surface area (Å²) in [4.78, 5) is 19.0. The molecule has 2 aromatic rings. The number of hydrogen-bond acceptors (Lipinski definition) is 4. The van der Waals surface area contributed by atoms with E-state index >= 15 is 0 Å². The molecule has 0 spiro atoms. The second-order valence-corrected chi connectivity index (χ2v) is 7.01. The van der Waals surface area contributed by atoms with Crippen molar-refractivity contribution in [2.75, 3.05) is 20.1 Å². The van der Waals surface area contributed by atoms with Crippen LogP contribution >= 0.6 is 11.3 Å². The van der Waals surface area contributed by atoms with E-state index in [4.69, 9.17) is 0 Å². The van der Waals surface area contributed by atoms with E-state index in [-0.39, 0.29) is 0 Å². The lowest BCUT2D eigenvalue weighted by atomic mass is 10.1. The summed E-state index contributed by atoms with van der Waals surface area (Å²) in [6.45, 7) is 1.77. The number of amides is 1. The van der Waals surface area contributed by atoms with Gasteiger partial charge in [-0.05, 0) is 44.9 Å². The van der Waals surface area contributed by atoms with Crippen LogP contribution in [-0.2, 0) is 11.2 Å². The first-order valence-electron chi connectivity index (χ1n) is 8.06. The SMILES string of the molecule is CNC1CCCN(C(=O)CCCc2nc3ccccc3s2)C1. The van der Waals surface area contributed by atoms with E-state index < -0.39 is 0 Å². The topological polar surface area (TPSA) is 45.2 Å². The van der Waals surface area contributed by atoms with Gasteiger partial charge in [0.25, 0.3) is 0 Å². The van der Waals surface area contributed by atoms with Crippen molar-refractivity contribution in [1.29, 1.82) is 0 Å². The molecule has 4 nitrogen and oxygen atoms in total. The number of likely N-dealkylation sites (N-methyl/N-ethyl adjacent to an activating group) is 1. The quantitative estimate of drug-likeness (QED) is 0.922. The molecule has 1 saturated heterocycles. The third-order valence-electron chi connectivity index (χ3n) is 4.30. The molecule has 118 valence electrons. The Morgan fingerprint density at radius 3 is 3.14 bits per heavy atom. The first kappa shape index (κ1) is 15.4. The summed E-state index contributed by atoms with van der Waals surface area (Å²) in [5, 5.41) is 4.42. The largest absolute Gasteiger partial charge is 0.341 e. The normalized spacial score (nSPS) is 18.8. The van der Waals surface area contributed by atoms with Crippen LogP contribution < -0.4 is 5.32 Å². The van der Waals surface area contributed by atoms with Crippen LogP contribution in [0.3, 0.4) is 0 Å². The Morgan fingerprint density at radius 2 is 2.32 bits per heavy atom. The molecule has 0 aliphatic carbocycles. The van der Waals surface area contributed by atoms with Gasteiger partial charge in [-0.2, -0.15) is 0 Å². The smallest absolute Gasteiger partial charge is 0.222 e. The van der Waals surface area contributed by atoms with Crippen molar-refractivity contribution in [1.82, 2.24) is 15.2 Å².